The molecule has 20 heavy (non-hydrogen) atoms. The van der Waals surface area contributed by atoms with Crippen LogP contribution >= 0.6 is 0 Å². The first kappa shape index (κ1) is 19.5. The van der Waals surface area contributed by atoms with Gasteiger partial charge in [0.05, 0.1) is 0 Å². The predicted molar refractivity (Wildman–Crippen MR) is 88.6 cm³/mol. The van der Waals surface area contributed by atoms with E-state index < -0.39 is 0 Å². The average molecular weight is 282 g/mol. The summed E-state index contributed by atoms with van der Waals surface area (Å²) in [6, 6.07) is 0. The lowest BCUT2D eigenvalue weighted by atomic mass is 10.1. The molecule has 0 aromatic carbocycles. The van der Waals surface area contributed by atoms with Gasteiger partial charge in [-0.25, -0.2) is 0 Å². The fourth-order valence-corrected chi connectivity index (χ4v) is 2.62. The second-order valence-electron chi connectivity index (χ2n) is 5.97. The molecule has 2 nitrogen and oxygen atoms in total. The molecular formula is C18H36NO. The quantitative estimate of drug-likeness (QED) is 0.272. The Kier molecular flexibility index (Phi) is 16.1. The molecule has 0 unspecified atom stereocenters. The molecule has 0 fully saturated rings. The van der Waals surface area contributed by atoms with Crippen LogP contribution in [0.4, 0.5) is 0 Å². The van der Waals surface area contributed by atoms with E-state index >= 15 is 0 Å². The summed E-state index contributed by atoms with van der Waals surface area (Å²) in [5.74, 6) is 0. The molecule has 0 aliphatic heterocycles. The molecule has 0 spiro atoms. The number of nitrogens with zero attached hydrogens (tertiary/aromatic N) is 1. The topological polar surface area (TPSA) is 20.3 Å². The van der Waals surface area contributed by atoms with Gasteiger partial charge in [0.15, 0.2) is 0 Å². The van der Waals surface area contributed by atoms with Crippen LogP contribution in [0.3, 0.4) is 0 Å². The first-order valence-corrected chi connectivity index (χ1v) is 8.97. The lowest BCUT2D eigenvalue weighted by Crippen LogP contribution is -2.23. The summed E-state index contributed by atoms with van der Waals surface area (Å²) in [5.41, 5.74) is 0. The molecule has 0 bridgehead atoms. The van der Waals surface area contributed by atoms with Gasteiger partial charge in [0, 0.05) is 13.1 Å². The van der Waals surface area contributed by atoms with Gasteiger partial charge in [-0.2, -0.15) is 0 Å². The number of amides is 1. The van der Waals surface area contributed by atoms with Crippen molar-refractivity contribution in [2.45, 2.75) is 97.3 Å². The Balaban J connectivity index is 3.11. The number of hydrogen-bond acceptors (Lipinski definition) is 1. The Morgan fingerprint density at radius 1 is 0.600 bits per heavy atom. The van der Waals surface area contributed by atoms with Gasteiger partial charge < -0.3 is 4.90 Å². The second-order valence-corrected chi connectivity index (χ2v) is 5.97. The summed E-state index contributed by atoms with van der Waals surface area (Å²) in [6.45, 7) is 6.14. The van der Waals surface area contributed by atoms with Crippen molar-refractivity contribution < 1.29 is 4.79 Å². The lowest BCUT2D eigenvalue weighted by Gasteiger charge is -2.14. The molecule has 0 aliphatic rings. The van der Waals surface area contributed by atoms with Gasteiger partial charge in [-0.05, 0) is 12.8 Å². The van der Waals surface area contributed by atoms with Crippen molar-refractivity contribution in [3.05, 3.63) is 0 Å². The average Bonchev–Trinajstić information content (AvgIpc) is 2.47. The van der Waals surface area contributed by atoms with Crippen molar-refractivity contribution in [2.75, 3.05) is 13.1 Å². The maximum Gasteiger partial charge on any atom is 0.312 e. The molecule has 119 valence electrons. The highest BCUT2D eigenvalue weighted by molar-refractivity contribution is 5.47. The normalized spacial score (nSPS) is 10.7. The molecule has 0 aromatic rings. The van der Waals surface area contributed by atoms with Crippen LogP contribution in [0.5, 0.6) is 0 Å². The van der Waals surface area contributed by atoms with Gasteiger partial charge in [0.1, 0.15) is 0 Å². The molecule has 2 heteroatoms. The number of carbonyl (C=O) groups excluding carboxylic acids is 1. The zero-order valence-electron chi connectivity index (χ0n) is 14.0. The van der Waals surface area contributed by atoms with Crippen molar-refractivity contribution in [3.63, 3.8) is 0 Å². The summed E-state index contributed by atoms with van der Waals surface area (Å²) in [4.78, 5) is 12.4. The van der Waals surface area contributed by atoms with E-state index in [9.17, 15) is 4.79 Å². The summed E-state index contributed by atoms with van der Waals surface area (Å²) < 4.78 is 0. The van der Waals surface area contributed by atoms with Gasteiger partial charge in [0.2, 0.25) is 0 Å². The second kappa shape index (κ2) is 16.5. The largest absolute Gasteiger partial charge is 0.334 e. The zero-order valence-corrected chi connectivity index (χ0v) is 14.0. The SMILES string of the molecule is CCCCCCCCCCCCCCN([C]=O)CCC. The van der Waals surface area contributed by atoms with Crippen LogP contribution in [0.15, 0.2) is 0 Å². The molecule has 1 radical (unpaired) electrons. The molecule has 0 aliphatic carbocycles. The highest BCUT2D eigenvalue weighted by Gasteiger charge is 2.00. The third-order valence-corrected chi connectivity index (χ3v) is 3.90. The molecule has 1 amide bonds. The molecule has 0 rings (SSSR count). The van der Waals surface area contributed by atoms with Crippen LogP contribution in [-0.2, 0) is 4.79 Å². The van der Waals surface area contributed by atoms with E-state index in [0.717, 1.165) is 25.9 Å². The van der Waals surface area contributed by atoms with Crippen molar-refractivity contribution in [2.24, 2.45) is 0 Å². The minimum absolute atomic E-state index is 0.863. The Bertz CT molecular complexity index is 194. The van der Waals surface area contributed by atoms with E-state index in [1.807, 2.05) is 6.41 Å². The van der Waals surface area contributed by atoms with Gasteiger partial charge in [-0.3, -0.25) is 4.79 Å². The van der Waals surface area contributed by atoms with Crippen molar-refractivity contribution in [1.29, 1.82) is 0 Å². The smallest absolute Gasteiger partial charge is 0.312 e. The summed E-state index contributed by atoms with van der Waals surface area (Å²) in [5, 5.41) is 0. The van der Waals surface area contributed by atoms with Crippen LogP contribution in [0.1, 0.15) is 97.3 Å². The molecule has 0 atom stereocenters. The Morgan fingerprint density at radius 2 is 1.05 bits per heavy atom. The molecule has 0 saturated heterocycles. The fraction of sp³-hybridized carbons (Fsp3) is 0.944. The van der Waals surface area contributed by atoms with Gasteiger partial charge in [-0.15, -0.1) is 0 Å². The Hall–Kier alpha value is -0.530. The maximum absolute atomic E-state index is 10.6. The molecule has 0 heterocycles. The summed E-state index contributed by atoms with van der Waals surface area (Å²) in [6.07, 6.45) is 19.4. The van der Waals surface area contributed by atoms with E-state index in [0.29, 0.717) is 0 Å². The van der Waals surface area contributed by atoms with Crippen LogP contribution in [0.2, 0.25) is 0 Å². The van der Waals surface area contributed by atoms with E-state index in [4.69, 9.17) is 0 Å². The minimum atomic E-state index is 0.863. The van der Waals surface area contributed by atoms with Crippen molar-refractivity contribution in [3.8, 4) is 0 Å². The highest BCUT2D eigenvalue weighted by Crippen LogP contribution is 2.12. The minimum Gasteiger partial charge on any atom is -0.334 e. The fourth-order valence-electron chi connectivity index (χ4n) is 2.62. The lowest BCUT2D eigenvalue weighted by molar-refractivity contribution is 0.367. The van der Waals surface area contributed by atoms with E-state index in [1.54, 1.807) is 4.90 Å². The first-order valence-electron chi connectivity index (χ1n) is 8.97. The highest BCUT2D eigenvalue weighted by atomic mass is 16.1. The van der Waals surface area contributed by atoms with Crippen LogP contribution in [-0.4, -0.2) is 24.4 Å². The Labute approximate surface area is 127 Å². The Morgan fingerprint density at radius 3 is 1.45 bits per heavy atom. The van der Waals surface area contributed by atoms with Gasteiger partial charge >= 0.3 is 6.41 Å². The third-order valence-electron chi connectivity index (χ3n) is 3.90. The molecular weight excluding hydrogens is 246 g/mol. The van der Waals surface area contributed by atoms with Gasteiger partial charge in [0.25, 0.3) is 0 Å². The van der Waals surface area contributed by atoms with Crippen LogP contribution in [0, 0.1) is 0 Å². The number of rotatable bonds is 16. The number of unbranched alkanes of at least 4 members (excludes halogenated alkanes) is 11. The maximum atomic E-state index is 10.6. The van der Waals surface area contributed by atoms with Crippen LogP contribution in [0.25, 0.3) is 0 Å². The summed E-state index contributed by atoms with van der Waals surface area (Å²) >= 11 is 0. The van der Waals surface area contributed by atoms with Gasteiger partial charge in [-0.1, -0.05) is 84.5 Å². The van der Waals surface area contributed by atoms with E-state index in [1.165, 1.54) is 70.6 Å². The third kappa shape index (κ3) is 13.9. The first-order chi connectivity index (χ1) is 9.85. The van der Waals surface area contributed by atoms with Crippen molar-refractivity contribution >= 4 is 6.41 Å². The molecule has 0 aromatic heterocycles. The predicted octanol–water partition coefficient (Wildman–Crippen LogP) is 5.47. The monoisotopic (exact) mass is 282 g/mol. The summed E-state index contributed by atoms with van der Waals surface area (Å²) in [7, 11) is 0. The van der Waals surface area contributed by atoms with Crippen LogP contribution < -0.4 is 0 Å². The zero-order chi connectivity index (χ0) is 14.9. The molecule has 0 saturated carbocycles. The van der Waals surface area contributed by atoms with E-state index in [-0.39, 0.29) is 0 Å². The van der Waals surface area contributed by atoms with Crippen molar-refractivity contribution in [1.82, 2.24) is 4.90 Å². The number of hydrogen-bond donors (Lipinski definition) is 0. The van der Waals surface area contributed by atoms with E-state index in [2.05, 4.69) is 13.8 Å². The standard InChI is InChI=1S/C18H36NO/c1-3-5-6-7-8-9-10-11-12-13-14-15-17-19(18-20)16-4-2/h3-17H2,1-2H3. The molecule has 0 N–H and O–H groups in total.